The number of carbonyl (C=O) groups is 1. The van der Waals surface area contributed by atoms with Gasteiger partial charge in [-0.2, -0.15) is 0 Å². The van der Waals surface area contributed by atoms with Gasteiger partial charge in [0.2, 0.25) is 0 Å². The number of ether oxygens (including phenoxy) is 1. The number of phenols is 1. The lowest BCUT2D eigenvalue weighted by atomic mass is 10.0. The van der Waals surface area contributed by atoms with Crippen LogP contribution < -0.4 is 5.32 Å². The van der Waals surface area contributed by atoms with E-state index in [0.717, 1.165) is 25.1 Å². The van der Waals surface area contributed by atoms with Crippen molar-refractivity contribution < 1.29 is 19.2 Å². The van der Waals surface area contributed by atoms with Crippen LogP contribution in [-0.2, 0) is 11.3 Å². The van der Waals surface area contributed by atoms with Gasteiger partial charge in [-0.05, 0) is 24.1 Å². The van der Waals surface area contributed by atoms with E-state index in [9.17, 15) is 9.90 Å². The number of morpholine rings is 1. The first-order valence-electron chi connectivity index (χ1n) is 8.51. The van der Waals surface area contributed by atoms with Crippen LogP contribution in [0, 0.1) is 0 Å². The number of rotatable bonds is 6. The minimum absolute atomic E-state index is 0.146. The number of hydrogen-bond acceptors (Lipinski definition) is 6. The van der Waals surface area contributed by atoms with Gasteiger partial charge in [-0.25, -0.2) is 0 Å². The molecule has 7 heteroatoms. The van der Waals surface area contributed by atoms with E-state index in [1.54, 1.807) is 30.3 Å². The number of nitrogens with zero attached hydrogens (tertiary/aromatic N) is 2. The Hall–Kier alpha value is -2.38. The molecule has 2 aromatic rings. The molecule has 2 heterocycles. The molecule has 2 N–H and O–H groups in total. The smallest absolute Gasteiger partial charge is 0.273 e. The average molecular weight is 345 g/mol. The third-order valence-corrected chi connectivity index (χ3v) is 4.28. The van der Waals surface area contributed by atoms with E-state index < -0.39 is 0 Å². The Morgan fingerprint density at radius 1 is 1.32 bits per heavy atom. The lowest BCUT2D eigenvalue weighted by Crippen LogP contribution is -2.35. The van der Waals surface area contributed by atoms with Crippen LogP contribution in [0.5, 0.6) is 5.75 Å². The lowest BCUT2D eigenvalue weighted by Gasteiger charge is -2.25. The lowest BCUT2D eigenvalue weighted by molar-refractivity contribution is 0.0305. The zero-order valence-corrected chi connectivity index (χ0v) is 14.3. The van der Waals surface area contributed by atoms with Gasteiger partial charge >= 0.3 is 0 Å². The van der Waals surface area contributed by atoms with E-state index in [0.29, 0.717) is 25.5 Å². The second kappa shape index (κ2) is 8.13. The molecular formula is C18H23N3O4. The van der Waals surface area contributed by atoms with Crippen LogP contribution in [0.1, 0.15) is 41.2 Å². The Kier molecular flexibility index (Phi) is 5.67. The summed E-state index contributed by atoms with van der Waals surface area (Å²) in [5.41, 5.74) is 1.21. The van der Waals surface area contributed by atoms with Gasteiger partial charge in [0.25, 0.3) is 5.91 Å². The summed E-state index contributed by atoms with van der Waals surface area (Å²) in [6.45, 7) is 5.74. The highest BCUT2D eigenvalue weighted by atomic mass is 16.5. The average Bonchev–Trinajstić information content (AvgIpc) is 3.10. The van der Waals surface area contributed by atoms with E-state index in [4.69, 9.17) is 9.26 Å². The molecule has 3 rings (SSSR count). The SMILES string of the molecule is CC[C@@H](NC(=O)c1cc(CN2CCOCC2)on1)c1ccc(O)cc1. The number of nitrogens with one attached hydrogen (secondary N) is 1. The van der Waals surface area contributed by atoms with Crippen LogP contribution in [-0.4, -0.2) is 47.4 Å². The number of aromatic hydroxyl groups is 1. The van der Waals surface area contributed by atoms with Crippen LogP contribution in [0.2, 0.25) is 0 Å². The normalized spacial score (nSPS) is 16.5. The minimum atomic E-state index is -0.267. The maximum absolute atomic E-state index is 12.4. The summed E-state index contributed by atoms with van der Waals surface area (Å²) >= 11 is 0. The van der Waals surface area contributed by atoms with Crippen molar-refractivity contribution in [3.05, 3.63) is 47.3 Å². The second-order valence-corrected chi connectivity index (χ2v) is 6.09. The highest BCUT2D eigenvalue weighted by molar-refractivity contribution is 5.92. The van der Waals surface area contributed by atoms with Crippen molar-refractivity contribution in [3.63, 3.8) is 0 Å². The molecule has 25 heavy (non-hydrogen) atoms. The van der Waals surface area contributed by atoms with Gasteiger partial charge < -0.3 is 19.7 Å². The fourth-order valence-electron chi connectivity index (χ4n) is 2.83. The van der Waals surface area contributed by atoms with Crippen molar-refractivity contribution in [3.8, 4) is 5.75 Å². The summed E-state index contributed by atoms with van der Waals surface area (Å²) < 4.78 is 10.6. The number of carbonyl (C=O) groups excluding carboxylic acids is 1. The number of benzene rings is 1. The largest absolute Gasteiger partial charge is 0.508 e. The van der Waals surface area contributed by atoms with Crippen LogP contribution in [0.25, 0.3) is 0 Å². The molecule has 7 nitrogen and oxygen atoms in total. The Morgan fingerprint density at radius 2 is 2.04 bits per heavy atom. The number of hydrogen-bond donors (Lipinski definition) is 2. The van der Waals surface area contributed by atoms with E-state index >= 15 is 0 Å². The van der Waals surface area contributed by atoms with Crippen LogP contribution in [0.15, 0.2) is 34.9 Å². The molecule has 1 aliphatic heterocycles. The molecule has 134 valence electrons. The molecule has 1 aromatic carbocycles. The van der Waals surface area contributed by atoms with Crippen molar-refractivity contribution in [1.29, 1.82) is 0 Å². The van der Waals surface area contributed by atoms with E-state index in [1.165, 1.54) is 0 Å². The Labute approximate surface area is 146 Å². The topological polar surface area (TPSA) is 87.8 Å². The first kappa shape index (κ1) is 17.4. The monoisotopic (exact) mass is 345 g/mol. The second-order valence-electron chi connectivity index (χ2n) is 6.09. The molecule has 1 atom stereocenters. The summed E-state index contributed by atoms with van der Waals surface area (Å²) in [6.07, 6.45) is 0.731. The van der Waals surface area contributed by atoms with Gasteiger partial charge in [0, 0.05) is 19.2 Å². The van der Waals surface area contributed by atoms with E-state index in [-0.39, 0.29) is 23.4 Å². The van der Waals surface area contributed by atoms with Crippen LogP contribution in [0.4, 0.5) is 0 Å². The van der Waals surface area contributed by atoms with E-state index in [2.05, 4.69) is 15.4 Å². The standard InChI is InChI=1S/C18H23N3O4/c1-2-16(13-3-5-14(22)6-4-13)19-18(23)17-11-15(25-20-17)12-21-7-9-24-10-8-21/h3-6,11,16,22H,2,7-10,12H2,1H3,(H,19,23)/t16-/m1/s1. The number of amides is 1. The summed E-state index contributed by atoms with van der Waals surface area (Å²) in [7, 11) is 0. The van der Waals surface area contributed by atoms with Gasteiger partial charge in [0.1, 0.15) is 5.75 Å². The molecule has 1 amide bonds. The Bertz CT molecular complexity index is 693. The predicted molar refractivity (Wildman–Crippen MR) is 91.2 cm³/mol. The highest BCUT2D eigenvalue weighted by Gasteiger charge is 2.19. The maximum Gasteiger partial charge on any atom is 0.273 e. The van der Waals surface area contributed by atoms with Gasteiger partial charge in [0.05, 0.1) is 25.8 Å². The van der Waals surface area contributed by atoms with Crippen molar-refractivity contribution in [2.75, 3.05) is 26.3 Å². The first-order chi connectivity index (χ1) is 12.2. The first-order valence-corrected chi connectivity index (χ1v) is 8.51. The molecule has 0 radical (unpaired) electrons. The summed E-state index contributed by atoms with van der Waals surface area (Å²) in [4.78, 5) is 14.6. The number of aromatic nitrogens is 1. The van der Waals surface area contributed by atoms with Crippen molar-refractivity contribution in [2.24, 2.45) is 0 Å². The number of phenolic OH excluding ortho intramolecular Hbond substituents is 1. The Morgan fingerprint density at radius 3 is 2.72 bits per heavy atom. The van der Waals surface area contributed by atoms with Crippen molar-refractivity contribution in [1.82, 2.24) is 15.4 Å². The molecule has 0 spiro atoms. The Balaban J connectivity index is 1.61. The van der Waals surface area contributed by atoms with Gasteiger partial charge in [-0.3, -0.25) is 9.69 Å². The molecule has 1 aromatic heterocycles. The van der Waals surface area contributed by atoms with Gasteiger partial charge in [-0.1, -0.05) is 24.2 Å². The quantitative estimate of drug-likeness (QED) is 0.833. The molecule has 0 unspecified atom stereocenters. The molecular weight excluding hydrogens is 322 g/mol. The minimum Gasteiger partial charge on any atom is -0.508 e. The maximum atomic E-state index is 12.4. The van der Waals surface area contributed by atoms with Crippen molar-refractivity contribution >= 4 is 5.91 Å². The zero-order chi connectivity index (χ0) is 17.6. The fourth-order valence-corrected chi connectivity index (χ4v) is 2.83. The summed E-state index contributed by atoms with van der Waals surface area (Å²) in [6, 6.07) is 8.37. The van der Waals surface area contributed by atoms with Crippen molar-refractivity contribution in [2.45, 2.75) is 25.9 Å². The third-order valence-electron chi connectivity index (χ3n) is 4.28. The molecule has 0 saturated carbocycles. The predicted octanol–water partition coefficient (Wildman–Crippen LogP) is 2.09. The van der Waals surface area contributed by atoms with E-state index in [1.807, 2.05) is 6.92 Å². The molecule has 0 aliphatic carbocycles. The van der Waals surface area contributed by atoms with Gasteiger partial charge in [-0.15, -0.1) is 0 Å². The van der Waals surface area contributed by atoms with Gasteiger partial charge in [0.15, 0.2) is 11.5 Å². The summed E-state index contributed by atoms with van der Waals surface area (Å²) in [5.74, 6) is 0.607. The third kappa shape index (κ3) is 4.58. The molecule has 1 fully saturated rings. The molecule has 1 saturated heterocycles. The van der Waals surface area contributed by atoms with Crippen LogP contribution in [0.3, 0.4) is 0 Å². The zero-order valence-electron chi connectivity index (χ0n) is 14.3. The van der Waals surface area contributed by atoms with Crippen LogP contribution >= 0.6 is 0 Å². The fraction of sp³-hybridized carbons (Fsp3) is 0.444. The summed E-state index contributed by atoms with van der Waals surface area (Å²) in [5, 5.41) is 16.2. The highest BCUT2D eigenvalue weighted by Crippen LogP contribution is 2.20. The molecule has 1 aliphatic rings. The molecule has 0 bridgehead atoms.